The molecule has 0 unspecified atom stereocenters. The highest BCUT2D eigenvalue weighted by atomic mass is 16.5. The predicted molar refractivity (Wildman–Crippen MR) is 127 cm³/mol. The number of amides is 2. The van der Waals surface area contributed by atoms with Crippen molar-refractivity contribution in [2.45, 2.75) is 34.6 Å². The molecule has 2 N–H and O–H groups in total. The Morgan fingerprint density at radius 1 is 1.03 bits per heavy atom. The lowest BCUT2D eigenvalue weighted by Gasteiger charge is -2.11. The lowest BCUT2D eigenvalue weighted by atomic mass is 10.1. The number of rotatable bonds is 6. The van der Waals surface area contributed by atoms with Gasteiger partial charge in [0.05, 0.1) is 18.4 Å². The first-order valence-corrected chi connectivity index (χ1v) is 10.4. The maximum absolute atomic E-state index is 12.1. The number of aromatic nitrogens is 1. The van der Waals surface area contributed by atoms with Crippen LogP contribution in [-0.2, 0) is 4.74 Å². The zero-order valence-corrected chi connectivity index (χ0v) is 19.0. The monoisotopic (exact) mass is 432 g/mol. The van der Waals surface area contributed by atoms with Crippen LogP contribution in [0.3, 0.4) is 0 Å². The van der Waals surface area contributed by atoms with Crippen molar-refractivity contribution in [1.29, 1.82) is 0 Å². The molecule has 2 aromatic carbocycles. The molecule has 0 aliphatic carbocycles. The smallest absolute Gasteiger partial charge is 0.339 e. The molecule has 32 heavy (non-hydrogen) atoms. The number of hydrazone groups is 1. The van der Waals surface area contributed by atoms with Gasteiger partial charge in [-0.2, -0.15) is 5.10 Å². The Labute approximate surface area is 188 Å². The minimum Gasteiger partial charge on any atom is -0.462 e. The van der Waals surface area contributed by atoms with Crippen LogP contribution in [0.1, 0.15) is 45.4 Å². The van der Waals surface area contributed by atoms with Gasteiger partial charge in [-0.1, -0.05) is 12.1 Å². The van der Waals surface area contributed by atoms with Crippen molar-refractivity contribution in [2.24, 2.45) is 5.10 Å². The van der Waals surface area contributed by atoms with Crippen LogP contribution in [0, 0.1) is 27.7 Å². The lowest BCUT2D eigenvalue weighted by Crippen LogP contribution is -2.24. The molecular weight excluding hydrogens is 404 g/mol. The van der Waals surface area contributed by atoms with Gasteiger partial charge in [0, 0.05) is 28.3 Å². The number of esters is 1. The van der Waals surface area contributed by atoms with Crippen LogP contribution in [0.15, 0.2) is 53.6 Å². The molecular formula is C25H28N4O3. The number of urea groups is 1. The molecule has 0 fully saturated rings. The summed E-state index contributed by atoms with van der Waals surface area (Å²) in [4.78, 5) is 24.2. The van der Waals surface area contributed by atoms with Crippen LogP contribution in [-0.4, -0.2) is 29.4 Å². The van der Waals surface area contributed by atoms with Crippen LogP contribution < -0.4 is 10.7 Å². The Morgan fingerprint density at radius 3 is 2.53 bits per heavy atom. The lowest BCUT2D eigenvalue weighted by molar-refractivity contribution is 0.0526. The van der Waals surface area contributed by atoms with Crippen LogP contribution in [0.2, 0.25) is 0 Å². The molecule has 0 bridgehead atoms. The van der Waals surface area contributed by atoms with Gasteiger partial charge in [0.25, 0.3) is 0 Å². The average molecular weight is 433 g/mol. The Morgan fingerprint density at radius 2 is 1.81 bits per heavy atom. The van der Waals surface area contributed by atoms with Crippen LogP contribution in [0.25, 0.3) is 5.69 Å². The molecule has 0 radical (unpaired) electrons. The van der Waals surface area contributed by atoms with Crippen LogP contribution >= 0.6 is 0 Å². The van der Waals surface area contributed by atoms with Gasteiger partial charge < -0.3 is 14.6 Å². The zero-order valence-electron chi connectivity index (χ0n) is 19.0. The fourth-order valence-corrected chi connectivity index (χ4v) is 3.44. The van der Waals surface area contributed by atoms with E-state index >= 15 is 0 Å². The largest absolute Gasteiger partial charge is 0.462 e. The normalized spacial score (nSPS) is 10.9. The summed E-state index contributed by atoms with van der Waals surface area (Å²) in [5.41, 5.74) is 9.59. The summed E-state index contributed by atoms with van der Waals surface area (Å²) in [6, 6.07) is 14.6. The number of hydrogen-bond donors (Lipinski definition) is 2. The Bertz CT molecular complexity index is 1180. The van der Waals surface area contributed by atoms with Crippen molar-refractivity contribution < 1.29 is 14.3 Å². The molecule has 1 heterocycles. The van der Waals surface area contributed by atoms with Gasteiger partial charge in [0.1, 0.15) is 0 Å². The number of nitrogens with zero attached hydrogens (tertiary/aromatic N) is 2. The fourth-order valence-electron chi connectivity index (χ4n) is 3.44. The molecule has 1 aromatic heterocycles. The highest BCUT2D eigenvalue weighted by Crippen LogP contribution is 2.21. The minimum absolute atomic E-state index is 0.329. The van der Waals surface area contributed by atoms with E-state index in [4.69, 9.17) is 4.74 Å². The van der Waals surface area contributed by atoms with E-state index in [0.717, 1.165) is 33.8 Å². The summed E-state index contributed by atoms with van der Waals surface area (Å²) in [6.07, 6.45) is 1.61. The molecule has 7 heteroatoms. The SMILES string of the molecule is CCOC(=O)c1cccc(-n2c(C)cc(/C=N/NC(=O)Nc3ccc(C)c(C)c3)c2C)c1. The van der Waals surface area contributed by atoms with E-state index in [0.29, 0.717) is 17.9 Å². The Kier molecular flexibility index (Phi) is 7.10. The van der Waals surface area contributed by atoms with E-state index in [-0.39, 0.29) is 5.97 Å². The number of ether oxygens (including phenoxy) is 1. The van der Waals surface area contributed by atoms with Crippen LogP contribution in [0.5, 0.6) is 0 Å². The minimum atomic E-state index is -0.416. The van der Waals surface area contributed by atoms with E-state index in [1.807, 2.05) is 68.7 Å². The highest BCUT2D eigenvalue weighted by molar-refractivity contribution is 5.91. The van der Waals surface area contributed by atoms with Gasteiger partial charge in [0.15, 0.2) is 0 Å². The number of carbonyl (C=O) groups excluding carboxylic acids is 2. The van der Waals surface area contributed by atoms with Crippen LogP contribution in [0.4, 0.5) is 10.5 Å². The molecule has 0 saturated heterocycles. The topological polar surface area (TPSA) is 84.7 Å². The third-order valence-electron chi connectivity index (χ3n) is 5.22. The number of nitrogens with one attached hydrogen (secondary N) is 2. The van der Waals surface area contributed by atoms with Gasteiger partial charge in [-0.05, 0) is 82.1 Å². The molecule has 0 saturated carbocycles. The molecule has 0 atom stereocenters. The summed E-state index contributed by atoms with van der Waals surface area (Å²) in [5.74, 6) is -0.349. The first-order chi connectivity index (χ1) is 15.3. The molecule has 0 spiro atoms. The maximum Gasteiger partial charge on any atom is 0.339 e. The van der Waals surface area contributed by atoms with Crippen molar-refractivity contribution in [3.05, 3.63) is 82.2 Å². The standard InChI is InChI=1S/C25H28N4O3/c1-6-32-24(30)20-8-7-9-23(14-20)29-18(4)13-21(19(29)5)15-26-28-25(31)27-22-11-10-16(2)17(3)12-22/h7-15H,6H2,1-5H3,(H2,27,28,31)/b26-15+. The molecule has 0 aliphatic rings. The third-order valence-corrected chi connectivity index (χ3v) is 5.22. The summed E-state index contributed by atoms with van der Waals surface area (Å²) in [7, 11) is 0. The van der Waals surface area contributed by atoms with E-state index in [9.17, 15) is 9.59 Å². The van der Waals surface area contributed by atoms with Gasteiger partial charge in [-0.25, -0.2) is 15.0 Å². The summed E-state index contributed by atoms with van der Waals surface area (Å²) < 4.78 is 7.13. The van der Waals surface area contributed by atoms with Gasteiger partial charge >= 0.3 is 12.0 Å². The second kappa shape index (κ2) is 9.96. The molecule has 166 valence electrons. The predicted octanol–water partition coefficient (Wildman–Crippen LogP) is 5.04. The van der Waals surface area contributed by atoms with Gasteiger partial charge in [-0.15, -0.1) is 0 Å². The summed E-state index contributed by atoms with van der Waals surface area (Å²) >= 11 is 0. The Hall–Kier alpha value is -3.87. The molecule has 7 nitrogen and oxygen atoms in total. The van der Waals surface area contributed by atoms with Gasteiger partial charge in [0.2, 0.25) is 0 Å². The Balaban J connectivity index is 1.72. The van der Waals surface area contributed by atoms with E-state index in [1.165, 1.54) is 0 Å². The average Bonchev–Trinajstić information content (AvgIpc) is 3.04. The van der Waals surface area contributed by atoms with Crippen molar-refractivity contribution in [2.75, 3.05) is 11.9 Å². The number of anilines is 1. The maximum atomic E-state index is 12.1. The van der Waals surface area contributed by atoms with E-state index < -0.39 is 6.03 Å². The summed E-state index contributed by atoms with van der Waals surface area (Å²) in [5, 5.41) is 6.85. The second-order valence-electron chi connectivity index (χ2n) is 7.56. The molecule has 2 amide bonds. The zero-order chi connectivity index (χ0) is 23.3. The number of carbonyl (C=O) groups is 2. The molecule has 3 aromatic rings. The fraction of sp³-hybridized carbons (Fsp3) is 0.240. The number of benzene rings is 2. The molecule has 0 aliphatic heterocycles. The van der Waals surface area contributed by atoms with E-state index in [1.54, 1.807) is 25.3 Å². The van der Waals surface area contributed by atoms with Gasteiger partial charge in [-0.3, -0.25) is 0 Å². The number of hydrogen-bond acceptors (Lipinski definition) is 4. The van der Waals surface area contributed by atoms with Crippen molar-refractivity contribution >= 4 is 23.9 Å². The van der Waals surface area contributed by atoms with E-state index in [2.05, 4.69) is 15.8 Å². The van der Waals surface area contributed by atoms with Crippen molar-refractivity contribution in [1.82, 2.24) is 9.99 Å². The molecule has 3 rings (SSSR count). The first-order valence-electron chi connectivity index (χ1n) is 10.4. The van der Waals surface area contributed by atoms with Crippen molar-refractivity contribution in [3.8, 4) is 5.69 Å². The third kappa shape index (κ3) is 5.24. The number of aryl methyl sites for hydroxylation is 3. The first kappa shape index (κ1) is 22.8. The quantitative estimate of drug-likeness (QED) is 0.325. The highest BCUT2D eigenvalue weighted by Gasteiger charge is 2.12. The summed E-state index contributed by atoms with van der Waals surface area (Å²) in [6.45, 7) is 10.1. The van der Waals surface area contributed by atoms with Crippen molar-refractivity contribution in [3.63, 3.8) is 0 Å². The second-order valence-corrected chi connectivity index (χ2v) is 7.56.